The lowest BCUT2D eigenvalue weighted by molar-refractivity contribution is -0.0457. The van der Waals surface area contributed by atoms with E-state index in [1.165, 1.54) is 18.2 Å². The van der Waals surface area contributed by atoms with Crippen molar-refractivity contribution in [3.8, 4) is 0 Å². The lowest BCUT2D eigenvalue weighted by Crippen LogP contribution is -2.43. The van der Waals surface area contributed by atoms with E-state index in [-0.39, 0.29) is 35.4 Å². The van der Waals surface area contributed by atoms with E-state index in [1.54, 1.807) is 0 Å². The molecule has 0 spiro atoms. The van der Waals surface area contributed by atoms with E-state index in [9.17, 15) is 18.0 Å². The smallest absolute Gasteiger partial charge is 0.251 e. The molecule has 0 saturated heterocycles. The van der Waals surface area contributed by atoms with Crippen molar-refractivity contribution in [3.63, 3.8) is 0 Å². The highest BCUT2D eigenvalue weighted by molar-refractivity contribution is 6.31. The lowest BCUT2D eigenvalue weighted by Gasteiger charge is -2.33. The van der Waals surface area contributed by atoms with Crippen molar-refractivity contribution in [2.24, 2.45) is 5.92 Å². The Labute approximate surface area is 163 Å². The third-order valence-electron chi connectivity index (χ3n) is 5.72. The Morgan fingerprint density at radius 3 is 2.30 bits per heavy atom. The average molecular weight is 403 g/mol. The topological polar surface area (TPSA) is 41.1 Å². The predicted octanol–water partition coefficient (Wildman–Crippen LogP) is 4.94. The van der Waals surface area contributed by atoms with Crippen LogP contribution in [0.4, 0.5) is 13.2 Å². The van der Waals surface area contributed by atoms with Crippen LogP contribution in [0.15, 0.2) is 18.2 Å². The molecule has 0 aromatic heterocycles. The zero-order chi connectivity index (χ0) is 19.4. The predicted molar refractivity (Wildman–Crippen MR) is 99.8 cm³/mol. The summed E-state index contributed by atoms with van der Waals surface area (Å²) in [5.41, 5.74) is 0.231. The number of alkyl halides is 2. The van der Waals surface area contributed by atoms with Gasteiger partial charge in [-0.1, -0.05) is 11.6 Å². The van der Waals surface area contributed by atoms with Crippen LogP contribution in [-0.2, 0) is 0 Å². The highest BCUT2D eigenvalue weighted by atomic mass is 35.5. The monoisotopic (exact) mass is 402 g/mol. The number of nitrogens with one attached hydrogen (secondary N) is 2. The molecule has 0 radical (unpaired) electrons. The van der Waals surface area contributed by atoms with Crippen LogP contribution in [0.25, 0.3) is 0 Å². The van der Waals surface area contributed by atoms with Crippen molar-refractivity contribution in [1.82, 2.24) is 10.6 Å². The van der Waals surface area contributed by atoms with Crippen molar-refractivity contribution < 1.29 is 18.0 Å². The molecule has 27 heavy (non-hydrogen) atoms. The van der Waals surface area contributed by atoms with E-state index in [4.69, 9.17) is 11.6 Å². The second-order valence-electron chi connectivity index (χ2n) is 7.89. The van der Waals surface area contributed by atoms with Gasteiger partial charge in [-0.25, -0.2) is 13.2 Å². The molecule has 150 valence electrons. The van der Waals surface area contributed by atoms with E-state index in [1.807, 2.05) is 0 Å². The SMILES string of the molecule is O=C(N[C@H]1CC[C@H](NCC2CCC(F)(F)CC2)CC1)c1cc(F)cc(Cl)c1. The van der Waals surface area contributed by atoms with Crippen LogP contribution in [0.3, 0.4) is 0 Å². The molecule has 7 heteroatoms. The molecule has 0 bridgehead atoms. The van der Waals surface area contributed by atoms with Gasteiger partial charge in [-0.05, 0) is 69.2 Å². The van der Waals surface area contributed by atoms with Gasteiger partial charge in [0.25, 0.3) is 5.91 Å². The van der Waals surface area contributed by atoms with E-state index < -0.39 is 11.7 Å². The van der Waals surface area contributed by atoms with Crippen LogP contribution in [0.2, 0.25) is 5.02 Å². The number of rotatable bonds is 5. The molecule has 0 atom stereocenters. The minimum Gasteiger partial charge on any atom is -0.349 e. The maximum Gasteiger partial charge on any atom is 0.251 e. The highest BCUT2D eigenvalue weighted by Gasteiger charge is 2.35. The molecule has 2 aliphatic rings. The van der Waals surface area contributed by atoms with Gasteiger partial charge < -0.3 is 10.6 Å². The van der Waals surface area contributed by atoms with Gasteiger partial charge in [0.2, 0.25) is 5.92 Å². The van der Waals surface area contributed by atoms with Gasteiger partial charge in [0.1, 0.15) is 5.82 Å². The molecule has 0 unspecified atom stereocenters. The van der Waals surface area contributed by atoms with Gasteiger partial charge in [0.05, 0.1) is 0 Å². The molecule has 2 fully saturated rings. The van der Waals surface area contributed by atoms with Gasteiger partial charge in [-0.15, -0.1) is 0 Å². The summed E-state index contributed by atoms with van der Waals surface area (Å²) in [6.07, 6.45) is 4.72. The highest BCUT2D eigenvalue weighted by Crippen LogP contribution is 2.36. The van der Waals surface area contributed by atoms with Gasteiger partial charge in [0.15, 0.2) is 0 Å². The van der Waals surface area contributed by atoms with Crippen LogP contribution in [0, 0.1) is 11.7 Å². The number of benzene rings is 1. The van der Waals surface area contributed by atoms with Crippen LogP contribution in [0.1, 0.15) is 61.7 Å². The second kappa shape index (κ2) is 8.82. The summed E-state index contributed by atoms with van der Waals surface area (Å²) < 4.78 is 39.8. The number of carbonyl (C=O) groups excluding carboxylic acids is 1. The van der Waals surface area contributed by atoms with Crippen molar-refractivity contribution in [2.45, 2.75) is 69.4 Å². The van der Waals surface area contributed by atoms with Gasteiger partial charge in [-0.3, -0.25) is 4.79 Å². The van der Waals surface area contributed by atoms with Crippen LogP contribution >= 0.6 is 11.6 Å². The first-order valence-electron chi connectivity index (χ1n) is 9.69. The second-order valence-corrected chi connectivity index (χ2v) is 8.32. The standard InChI is InChI=1S/C20H26ClF3N2O/c21-15-9-14(10-16(22)11-15)19(27)26-18-3-1-17(2-4-18)25-12-13-5-7-20(23,24)8-6-13/h9-11,13,17-18,25H,1-8,12H2,(H,26,27)/t17-,18-. The molecule has 2 N–H and O–H groups in total. The number of hydrogen-bond acceptors (Lipinski definition) is 2. The Kier molecular flexibility index (Phi) is 6.69. The zero-order valence-corrected chi connectivity index (χ0v) is 16.0. The number of halogens is 4. The number of hydrogen-bond donors (Lipinski definition) is 2. The molecule has 3 rings (SSSR count). The van der Waals surface area contributed by atoms with Crippen LogP contribution in [0.5, 0.6) is 0 Å². The van der Waals surface area contributed by atoms with E-state index >= 15 is 0 Å². The summed E-state index contributed by atoms with van der Waals surface area (Å²) in [6.45, 7) is 0.791. The fourth-order valence-electron chi connectivity index (χ4n) is 4.03. The van der Waals surface area contributed by atoms with Crippen molar-refractivity contribution in [3.05, 3.63) is 34.6 Å². The first-order chi connectivity index (χ1) is 12.8. The molecule has 0 heterocycles. The normalized spacial score (nSPS) is 25.9. The molecule has 2 saturated carbocycles. The van der Waals surface area contributed by atoms with Crippen molar-refractivity contribution in [1.29, 1.82) is 0 Å². The lowest BCUT2D eigenvalue weighted by atomic mass is 9.85. The molecule has 3 nitrogen and oxygen atoms in total. The van der Waals surface area contributed by atoms with E-state index in [2.05, 4.69) is 10.6 Å². The van der Waals surface area contributed by atoms with E-state index in [0.29, 0.717) is 24.8 Å². The van der Waals surface area contributed by atoms with Crippen LogP contribution < -0.4 is 10.6 Å². The maximum atomic E-state index is 13.4. The first kappa shape index (κ1) is 20.5. The van der Waals surface area contributed by atoms with Gasteiger partial charge >= 0.3 is 0 Å². The van der Waals surface area contributed by atoms with Crippen molar-refractivity contribution >= 4 is 17.5 Å². The average Bonchev–Trinajstić information content (AvgIpc) is 2.61. The summed E-state index contributed by atoms with van der Waals surface area (Å²) >= 11 is 5.80. The number of carbonyl (C=O) groups is 1. The van der Waals surface area contributed by atoms with Gasteiger partial charge in [0, 0.05) is 35.5 Å². The third-order valence-corrected chi connectivity index (χ3v) is 5.94. The van der Waals surface area contributed by atoms with Crippen LogP contribution in [-0.4, -0.2) is 30.5 Å². The molecular formula is C20H26ClF3N2O. The fraction of sp³-hybridized carbons (Fsp3) is 0.650. The first-order valence-corrected chi connectivity index (χ1v) is 10.1. The molecule has 1 aromatic carbocycles. The molecule has 2 aliphatic carbocycles. The Morgan fingerprint density at radius 2 is 1.67 bits per heavy atom. The Hall–Kier alpha value is -1.27. The van der Waals surface area contributed by atoms with E-state index in [0.717, 1.165) is 32.2 Å². The Morgan fingerprint density at radius 1 is 1.04 bits per heavy atom. The minimum atomic E-state index is -2.47. The molecular weight excluding hydrogens is 377 g/mol. The summed E-state index contributed by atoms with van der Waals surface area (Å²) in [5.74, 6) is -2.98. The quantitative estimate of drug-likeness (QED) is 0.732. The molecule has 1 aromatic rings. The molecule has 1 amide bonds. The zero-order valence-electron chi connectivity index (χ0n) is 15.2. The Balaban J connectivity index is 1.38. The summed E-state index contributed by atoms with van der Waals surface area (Å²) in [7, 11) is 0. The Bertz CT molecular complexity index is 632. The summed E-state index contributed by atoms with van der Waals surface area (Å²) in [5, 5.41) is 6.67. The minimum absolute atomic E-state index is 0.00220. The summed E-state index contributed by atoms with van der Waals surface area (Å²) in [4.78, 5) is 12.3. The molecule has 0 aliphatic heterocycles. The van der Waals surface area contributed by atoms with Gasteiger partial charge in [-0.2, -0.15) is 0 Å². The fourth-order valence-corrected chi connectivity index (χ4v) is 4.25. The number of amides is 1. The van der Waals surface area contributed by atoms with Crippen molar-refractivity contribution in [2.75, 3.05) is 6.54 Å². The summed E-state index contributed by atoms with van der Waals surface area (Å²) in [6, 6.07) is 4.24. The maximum absolute atomic E-state index is 13.4. The third kappa shape index (κ3) is 6.11. The largest absolute Gasteiger partial charge is 0.349 e.